The zero-order valence-corrected chi connectivity index (χ0v) is 9.89. The summed E-state index contributed by atoms with van der Waals surface area (Å²) in [4.78, 5) is 10.6. The third kappa shape index (κ3) is 3.78. The third-order valence-electron chi connectivity index (χ3n) is 2.53. The standard InChI is InChI=1S/C12H16F2N2O/c1-12(2,7-16-6-11(15)17)9-4-3-8(13)5-10(9)14/h3-5,16H,6-7H2,1-2H3,(H2,15,17). The van der Waals surface area contributed by atoms with Crippen LogP contribution in [0.25, 0.3) is 0 Å². The molecular weight excluding hydrogens is 226 g/mol. The van der Waals surface area contributed by atoms with Crippen LogP contribution >= 0.6 is 0 Å². The van der Waals surface area contributed by atoms with Crippen LogP contribution in [-0.4, -0.2) is 19.0 Å². The average Bonchev–Trinajstić information content (AvgIpc) is 2.15. The van der Waals surface area contributed by atoms with Crippen molar-refractivity contribution in [2.45, 2.75) is 19.3 Å². The molecule has 0 saturated carbocycles. The van der Waals surface area contributed by atoms with Gasteiger partial charge in [-0.2, -0.15) is 0 Å². The van der Waals surface area contributed by atoms with E-state index in [4.69, 9.17) is 5.73 Å². The molecule has 1 aromatic carbocycles. The zero-order valence-electron chi connectivity index (χ0n) is 9.89. The Labute approximate surface area is 99.0 Å². The van der Waals surface area contributed by atoms with E-state index in [9.17, 15) is 13.6 Å². The summed E-state index contributed by atoms with van der Waals surface area (Å²) in [6.45, 7) is 4.01. The predicted molar refractivity (Wildman–Crippen MR) is 61.4 cm³/mol. The van der Waals surface area contributed by atoms with Gasteiger partial charge in [-0.3, -0.25) is 4.79 Å². The Balaban J connectivity index is 2.78. The molecule has 0 heterocycles. The lowest BCUT2D eigenvalue weighted by molar-refractivity contribution is -0.117. The fourth-order valence-corrected chi connectivity index (χ4v) is 1.63. The first-order valence-electron chi connectivity index (χ1n) is 5.27. The van der Waals surface area contributed by atoms with Gasteiger partial charge in [-0.15, -0.1) is 0 Å². The van der Waals surface area contributed by atoms with Crippen molar-refractivity contribution in [3.8, 4) is 0 Å². The predicted octanol–water partition coefficient (Wildman–Crippen LogP) is 1.32. The Morgan fingerprint density at radius 3 is 2.59 bits per heavy atom. The smallest absolute Gasteiger partial charge is 0.231 e. The number of primary amides is 1. The summed E-state index contributed by atoms with van der Waals surface area (Å²) in [6.07, 6.45) is 0. The molecule has 0 unspecified atom stereocenters. The molecule has 0 spiro atoms. The number of nitrogens with two attached hydrogens (primary N) is 1. The van der Waals surface area contributed by atoms with Gasteiger partial charge >= 0.3 is 0 Å². The van der Waals surface area contributed by atoms with E-state index in [1.54, 1.807) is 13.8 Å². The van der Waals surface area contributed by atoms with Crippen LogP contribution in [-0.2, 0) is 10.2 Å². The molecule has 0 aliphatic heterocycles. The van der Waals surface area contributed by atoms with E-state index in [1.807, 2.05) is 0 Å². The summed E-state index contributed by atoms with van der Waals surface area (Å²) in [5, 5.41) is 2.83. The molecular formula is C12H16F2N2O. The molecule has 0 bridgehead atoms. The van der Waals surface area contributed by atoms with Crippen molar-refractivity contribution in [3.63, 3.8) is 0 Å². The Morgan fingerprint density at radius 1 is 1.41 bits per heavy atom. The van der Waals surface area contributed by atoms with E-state index in [0.29, 0.717) is 12.1 Å². The fraction of sp³-hybridized carbons (Fsp3) is 0.417. The number of hydrogen-bond donors (Lipinski definition) is 2. The Bertz CT molecular complexity index is 419. The van der Waals surface area contributed by atoms with Gasteiger partial charge < -0.3 is 11.1 Å². The van der Waals surface area contributed by atoms with E-state index >= 15 is 0 Å². The number of hydrogen-bond acceptors (Lipinski definition) is 2. The second kappa shape index (κ2) is 5.23. The van der Waals surface area contributed by atoms with E-state index in [1.165, 1.54) is 12.1 Å². The Morgan fingerprint density at radius 2 is 2.06 bits per heavy atom. The highest BCUT2D eigenvalue weighted by molar-refractivity contribution is 5.75. The Hall–Kier alpha value is -1.49. The van der Waals surface area contributed by atoms with Crippen LogP contribution in [0.1, 0.15) is 19.4 Å². The van der Waals surface area contributed by atoms with Gasteiger partial charge in [0.2, 0.25) is 5.91 Å². The van der Waals surface area contributed by atoms with Crippen LogP contribution in [0.3, 0.4) is 0 Å². The maximum atomic E-state index is 13.6. The van der Waals surface area contributed by atoms with Gasteiger partial charge in [0.25, 0.3) is 0 Å². The number of carbonyl (C=O) groups is 1. The van der Waals surface area contributed by atoms with E-state index < -0.39 is 23.0 Å². The highest BCUT2D eigenvalue weighted by atomic mass is 19.1. The van der Waals surface area contributed by atoms with E-state index in [0.717, 1.165) is 6.07 Å². The van der Waals surface area contributed by atoms with E-state index in [-0.39, 0.29) is 6.54 Å². The lowest BCUT2D eigenvalue weighted by Gasteiger charge is -2.26. The van der Waals surface area contributed by atoms with Crippen LogP contribution in [0.4, 0.5) is 8.78 Å². The highest BCUT2D eigenvalue weighted by Gasteiger charge is 2.24. The van der Waals surface area contributed by atoms with Crippen molar-refractivity contribution >= 4 is 5.91 Å². The molecule has 0 aliphatic rings. The second-order valence-electron chi connectivity index (χ2n) is 4.58. The zero-order chi connectivity index (χ0) is 13.1. The molecule has 17 heavy (non-hydrogen) atoms. The van der Waals surface area contributed by atoms with Crippen molar-refractivity contribution in [2.75, 3.05) is 13.1 Å². The SMILES string of the molecule is CC(C)(CNCC(N)=O)c1ccc(F)cc1F. The quantitative estimate of drug-likeness (QED) is 0.818. The molecule has 0 saturated heterocycles. The van der Waals surface area contributed by atoms with Gasteiger partial charge in [-0.25, -0.2) is 8.78 Å². The van der Waals surface area contributed by atoms with Crippen molar-refractivity contribution in [2.24, 2.45) is 5.73 Å². The molecule has 0 fully saturated rings. The minimum atomic E-state index is -0.604. The average molecular weight is 242 g/mol. The molecule has 0 aliphatic carbocycles. The van der Waals surface area contributed by atoms with E-state index in [2.05, 4.69) is 5.32 Å². The summed E-state index contributed by atoms with van der Waals surface area (Å²) in [7, 11) is 0. The summed E-state index contributed by atoms with van der Waals surface area (Å²) < 4.78 is 26.3. The van der Waals surface area contributed by atoms with Gasteiger partial charge in [-0.05, 0) is 11.6 Å². The maximum absolute atomic E-state index is 13.6. The molecule has 3 nitrogen and oxygen atoms in total. The maximum Gasteiger partial charge on any atom is 0.231 e. The normalized spacial score (nSPS) is 11.5. The number of benzene rings is 1. The van der Waals surface area contributed by atoms with Crippen LogP contribution in [0, 0.1) is 11.6 Å². The van der Waals surface area contributed by atoms with Crippen molar-refractivity contribution in [1.82, 2.24) is 5.32 Å². The molecule has 1 amide bonds. The van der Waals surface area contributed by atoms with Gasteiger partial charge in [-0.1, -0.05) is 19.9 Å². The van der Waals surface area contributed by atoms with Gasteiger partial charge in [0, 0.05) is 18.0 Å². The van der Waals surface area contributed by atoms with Crippen molar-refractivity contribution in [1.29, 1.82) is 0 Å². The highest BCUT2D eigenvalue weighted by Crippen LogP contribution is 2.25. The number of halogens is 2. The molecule has 0 radical (unpaired) electrons. The second-order valence-corrected chi connectivity index (χ2v) is 4.58. The number of rotatable bonds is 5. The molecule has 3 N–H and O–H groups in total. The molecule has 0 atom stereocenters. The number of amides is 1. The third-order valence-corrected chi connectivity index (χ3v) is 2.53. The van der Waals surface area contributed by atoms with Crippen LogP contribution in [0.5, 0.6) is 0 Å². The molecule has 0 aromatic heterocycles. The lowest BCUT2D eigenvalue weighted by Crippen LogP contribution is -2.38. The van der Waals surface area contributed by atoms with Gasteiger partial charge in [0.15, 0.2) is 0 Å². The largest absolute Gasteiger partial charge is 0.369 e. The van der Waals surface area contributed by atoms with Crippen molar-refractivity contribution < 1.29 is 13.6 Å². The first-order valence-corrected chi connectivity index (χ1v) is 5.27. The lowest BCUT2D eigenvalue weighted by atomic mass is 9.84. The molecule has 5 heteroatoms. The molecule has 94 valence electrons. The molecule has 1 rings (SSSR count). The van der Waals surface area contributed by atoms with Gasteiger partial charge in [0.05, 0.1) is 6.54 Å². The van der Waals surface area contributed by atoms with Crippen LogP contribution in [0.2, 0.25) is 0 Å². The van der Waals surface area contributed by atoms with Gasteiger partial charge in [0.1, 0.15) is 11.6 Å². The monoisotopic (exact) mass is 242 g/mol. The van der Waals surface area contributed by atoms with Crippen LogP contribution < -0.4 is 11.1 Å². The minimum Gasteiger partial charge on any atom is -0.369 e. The van der Waals surface area contributed by atoms with Crippen LogP contribution in [0.15, 0.2) is 18.2 Å². The topological polar surface area (TPSA) is 55.1 Å². The number of nitrogens with one attached hydrogen (secondary N) is 1. The Kier molecular flexibility index (Phi) is 4.17. The summed E-state index contributed by atoms with van der Waals surface area (Å²) in [5.74, 6) is -1.66. The summed E-state index contributed by atoms with van der Waals surface area (Å²) in [6, 6.07) is 3.48. The van der Waals surface area contributed by atoms with Crippen molar-refractivity contribution in [3.05, 3.63) is 35.4 Å². The first-order chi connectivity index (χ1) is 7.83. The minimum absolute atomic E-state index is 0.0340. The summed E-state index contributed by atoms with van der Waals surface area (Å²) >= 11 is 0. The molecule has 1 aromatic rings. The number of carbonyl (C=O) groups excluding carboxylic acids is 1. The fourth-order valence-electron chi connectivity index (χ4n) is 1.63. The first kappa shape index (κ1) is 13.6. The summed E-state index contributed by atoms with van der Waals surface area (Å²) in [5.41, 5.74) is 4.84.